The van der Waals surface area contributed by atoms with Gasteiger partial charge in [-0.1, -0.05) is 17.7 Å². The van der Waals surface area contributed by atoms with Gasteiger partial charge in [0.25, 0.3) is 5.56 Å². The highest BCUT2D eigenvalue weighted by Gasteiger charge is 2.12. The number of benzene rings is 1. The zero-order valence-electron chi connectivity index (χ0n) is 9.18. The fourth-order valence-electron chi connectivity index (χ4n) is 1.81. The van der Waals surface area contributed by atoms with Crippen LogP contribution in [0, 0.1) is 0 Å². The van der Waals surface area contributed by atoms with E-state index in [4.69, 9.17) is 16.7 Å². The van der Waals surface area contributed by atoms with Crippen molar-refractivity contribution in [2.75, 3.05) is 6.61 Å². The average Bonchev–Trinajstić information content (AvgIpc) is 2.31. The van der Waals surface area contributed by atoms with Gasteiger partial charge in [-0.05, 0) is 12.1 Å². The first-order chi connectivity index (χ1) is 8.07. The van der Waals surface area contributed by atoms with Gasteiger partial charge in [-0.3, -0.25) is 13.9 Å². The number of aryl methyl sites for hydroxylation is 1. The maximum Gasteiger partial charge on any atom is 0.331 e. The molecule has 1 aromatic heterocycles. The van der Waals surface area contributed by atoms with Gasteiger partial charge in [0.05, 0.1) is 29.1 Å². The van der Waals surface area contributed by atoms with Gasteiger partial charge in [0, 0.05) is 7.05 Å². The van der Waals surface area contributed by atoms with Crippen LogP contribution in [-0.2, 0) is 13.6 Å². The number of aliphatic hydroxyl groups excluding tert-OH is 1. The second-order valence-corrected chi connectivity index (χ2v) is 4.06. The fourth-order valence-corrected chi connectivity index (χ4v) is 2.06. The van der Waals surface area contributed by atoms with Gasteiger partial charge in [-0.25, -0.2) is 4.79 Å². The van der Waals surface area contributed by atoms with Crippen molar-refractivity contribution in [3.63, 3.8) is 0 Å². The van der Waals surface area contributed by atoms with Crippen molar-refractivity contribution >= 4 is 22.5 Å². The first-order valence-electron chi connectivity index (χ1n) is 5.07. The predicted octanol–water partition coefficient (Wildman–Crippen LogP) is 0.346. The monoisotopic (exact) mass is 254 g/mol. The highest BCUT2D eigenvalue weighted by molar-refractivity contribution is 6.35. The smallest absolute Gasteiger partial charge is 0.331 e. The third-order valence-corrected chi connectivity index (χ3v) is 2.97. The van der Waals surface area contributed by atoms with Crippen LogP contribution in [0.3, 0.4) is 0 Å². The molecule has 0 saturated carbocycles. The molecular weight excluding hydrogens is 244 g/mol. The van der Waals surface area contributed by atoms with Crippen LogP contribution in [0.1, 0.15) is 0 Å². The van der Waals surface area contributed by atoms with Gasteiger partial charge in [0.15, 0.2) is 0 Å². The summed E-state index contributed by atoms with van der Waals surface area (Å²) in [4.78, 5) is 23.9. The quantitative estimate of drug-likeness (QED) is 0.841. The molecule has 1 aromatic carbocycles. The Bertz CT molecular complexity index is 687. The molecule has 0 aliphatic carbocycles. The van der Waals surface area contributed by atoms with Crippen LogP contribution in [0.2, 0.25) is 5.02 Å². The first kappa shape index (κ1) is 11.9. The molecular formula is C11H11ClN2O3. The SMILES string of the molecule is Cn1c(=O)n(CCO)c(=O)c2c(Cl)cccc21. The lowest BCUT2D eigenvalue weighted by atomic mass is 10.2. The van der Waals surface area contributed by atoms with E-state index >= 15 is 0 Å². The standard InChI is InChI=1S/C11H11ClN2O3/c1-13-8-4-2-3-7(12)9(8)10(16)14(5-6-15)11(13)17/h2-4,15H,5-6H2,1H3. The summed E-state index contributed by atoms with van der Waals surface area (Å²) in [5.41, 5.74) is -0.441. The van der Waals surface area contributed by atoms with E-state index in [9.17, 15) is 9.59 Å². The van der Waals surface area contributed by atoms with Gasteiger partial charge < -0.3 is 5.11 Å². The van der Waals surface area contributed by atoms with Crippen molar-refractivity contribution in [1.29, 1.82) is 0 Å². The number of hydrogen-bond donors (Lipinski definition) is 1. The van der Waals surface area contributed by atoms with Gasteiger partial charge >= 0.3 is 5.69 Å². The van der Waals surface area contributed by atoms with E-state index in [1.165, 1.54) is 4.57 Å². The lowest BCUT2D eigenvalue weighted by Gasteiger charge is -2.10. The van der Waals surface area contributed by atoms with Crippen LogP contribution in [0.25, 0.3) is 10.9 Å². The van der Waals surface area contributed by atoms with E-state index in [0.29, 0.717) is 15.9 Å². The second-order valence-electron chi connectivity index (χ2n) is 3.66. The Morgan fingerprint density at radius 2 is 2.06 bits per heavy atom. The second kappa shape index (κ2) is 4.35. The van der Waals surface area contributed by atoms with Crippen LogP contribution < -0.4 is 11.2 Å². The molecule has 0 amide bonds. The van der Waals surface area contributed by atoms with Crippen LogP contribution in [0.4, 0.5) is 0 Å². The number of fused-ring (bicyclic) bond motifs is 1. The fraction of sp³-hybridized carbons (Fsp3) is 0.273. The highest BCUT2D eigenvalue weighted by Crippen LogP contribution is 2.17. The van der Waals surface area contributed by atoms with E-state index in [-0.39, 0.29) is 13.2 Å². The molecule has 2 rings (SSSR count). The topological polar surface area (TPSA) is 64.2 Å². The lowest BCUT2D eigenvalue weighted by molar-refractivity contribution is 0.271. The van der Waals surface area contributed by atoms with Crippen molar-refractivity contribution in [2.24, 2.45) is 7.05 Å². The molecule has 0 saturated heterocycles. The maximum absolute atomic E-state index is 12.1. The van der Waals surface area contributed by atoms with Crippen molar-refractivity contribution in [2.45, 2.75) is 6.54 Å². The van der Waals surface area contributed by atoms with Gasteiger partial charge in [0.1, 0.15) is 0 Å². The maximum atomic E-state index is 12.1. The first-order valence-corrected chi connectivity index (χ1v) is 5.44. The number of aliphatic hydroxyl groups is 1. The minimum atomic E-state index is -0.470. The van der Waals surface area contributed by atoms with Crippen molar-refractivity contribution < 1.29 is 5.11 Å². The summed E-state index contributed by atoms with van der Waals surface area (Å²) in [6, 6.07) is 4.94. The Labute approximate surface area is 101 Å². The molecule has 17 heavy (non-hydrogen) atoms. The molecule has 1 N–H and O–H groups in total. The summed E-state index contributed by atoms with van der Waals surface area (Å²) >= 11 is 5.97. The third-order valence-electron chi connectivity index (χ3n) is 2.65. The van der Waals surface area contributed by atoms with Crippen molar-refractivity contribution in [3.05, 3.63) is 44.1 Å². The highest BCUT2D eigenvalue weighted by atomic mass is 35.5. The molecule has 0 unspecified atom stereocenters. The summed E-state index contributed by atoms with van der Waals surface area (Å²) < 4.78 is 2.33. The van der Waals surface area contributed by atoms with E-state index in [2.05, 4.69) is 0 Å². The average molecular weight is 255 g/mol. The van der Waals surface area contributed by atoms with Crippen molar-refractivity contribution in [3.8, 4) is 0 Å². The minimum absolute atomic E-state index is 0.0350. The molecule has 0 bridgehead atoms. The molecule has 0 radical (unpaired) electrons. The third kappa shape index (κ3) is 1.77. The Morgan fingerprint density at radius 3 is 2.71 bits per heavy atom. The molecule has 0 aliphatic heterocycles. The number of halogens is 1. The largest absolute Gasteiger partial charge is 0.395 e. The molecule has 0 spiro atoms. The van der Waals surface area contributed by atoms with Crippen LogP contribution >= 0.6 is 11.6 Å². The minimum Gasteiger partial charge on any atom is -0.395 e. The number of aromatic nitrogens is 2. The van der Waals surface area contributed by atoms with E-state index < -0.39 is 11.2 Å². The summed E-state index contributed by atoms with van der Waals surface area (Å²) in [6.45, 7) is -0.308. The lowest BCUT2D eigenvalue weighted by Crippen LogP contribution is -2.39. The van der Waals surface area contributed by atoms with Gasteiger partial charge in [-0.2, -0.15) is 0 Å². The normalized spacial score (nSPS) is 11.0. The summed E-state index contributed by atoms with van der Waals surface area (Å²) in [5, 5.41) is 9.46. The zero-order chi connectivity index (χ0) is 12.6. The number of hydrogen-bond acceptors (Lipinski definition) is 3. The van der Waals surface area contributed by atoms with Crippen molar-refractivity contribution in [1.82, 2.24) is 9.13 Å². The van der Waals surface area contributed by atoms with Crippen LogP contribution in [0.15, 0.2) is 27.8 Å². The van der Waals surface area contributed by atoms with Gasteiger partial charge in [-0.15, -0.1) is 0 Å². The number of rotatable bonds is 2. The molecule has 0 aliphatic rings. The summed E-state index contributed by atoms with van der Waals surface area (Å²) in [5.74, 6) is 0. The van der Waals surface area contributed by atoms with Crippen LogP contribution in [0.5, 0.6) is 0 Å². The Balaban J connectivity index is 3.02. The molecule has 0 fully saturated rings. The Kier molecular flexibility index (Phi) is 3.04. The summed E-state index contributed by atoms with van der Waals surface area (Å²) in [7, 11) is 1.56. The molecule has 2 aromatic rings. The van der Waals surface area contributed by atoms with Gasteiger partial charge in [0.2, 0.25) is 0 Å². The Hall–Kier alpha value is -1.59. The molecule has 6 heteroatoms. The van der Waals surface area contributed by atoms with E-state index in [1.807, 2.05) is 0 Å². The Morgan fingerprint density at radius 1 is 1.35 bits per heavy atom. The van der Waals surface area contributed by atoms with E-state index in [1.54, 1.807) is 25.2 Å². The van der Waals surface area contributed by atoms with E-state index in [0.717, 1.165) is 4.57 Å². The summed E-state index contributed by atoms with van der Waals surface area (Å²) in [6.07, 6.45) is 0. The molecule has 90 valence electrons. The number of nitrogens with zero attached hydrogens (tertiary/aromatic N) is 2. The molecule has 5 nitrogen and oxygen atoms in total. The molecule has 0 atom stereocenters. The molecule has 1 heterocycles. The predicted molar refractivity (Wildman–Crippen MR) is 65.5 cm³/mol. The van der Waals surface area contributed by atoms with Crippen LogP contribution in [-0.4, -0.2) is 20.8 Å². The zero-order valence-corrected chi connectivity index (χ0v) is 9.94.